The highest BCUT2D eigenvalue weighted by Crippen LogP contribution is 2.05. The first kappa shape index (κ1) is 15.4. The molecule has 0 aliphatic rings. The van der Waals surface area contributed by atoms with Gasteiger partial charge in [-0.25, -0.2) is 0 Å². The summed E-state index contributed by atoms with van der Waals surface area (Å²) in [6.45, 7) is 11.5. The Labute approximate surface area is 99.6 Å². The molecule has 0 aromatic heterocycles. The third kappa shape index (κ3) is 4.94. The number of hydrogen-bond acceptors (Lipinski definition) is 3. The maximum Gasteiger partial charge on any atom is 0.237 e. The average Bonchev–Trinajstić information content (AvgIpc) is 2.24. The number of nitrogens with one attached hydrogen (secondary N) is 1. The highest BCUT2D eigenvalue weighted by Gasteiger charge is 2.23. The van der Waals surface area contributed by atoms with E-state index in [1.165, 1.54) is 0 Å². The molecule has 2 unspecified atom stereocenters. The second-order valence-corrected chi connectivity index (χ2v) is 4.61. The predicted octanol–water partition coefficient (Wildman–Crippen LogP) is 0.959. The molecule has 0 heterocycles. The Morgan fingerprint density at radius 1 is 1.31 bits per heavy atom. The summed E-state index contributed by atoms with van der Waals surface area (Å²) in [7, 11) is 0. The van der Waals surface area contributed by atoms with Crippen LogP contribution in [0, 0.1) is 0 Å². The second-order valence-electron chi connectivity index (χ2n) is 4.61. The van der Waals surface area contributed by atoms with Crippen LogP contribution in [0.3, 0.4) is 0 Å². The monoisotopic (exact) mass is 229 g/mol. The molecule has 0 aromatic rings. The maximum absolute atomic E-state index is 11.9. The number of amides is 1. The van der Waals surface area contributed by atoms with Gasteiger partial charge in [0, 0.05) is 25.2 Å². The van der Waals surface area contributed by atoms with Crippen molar-refractivity contribution in [1.82, 2.24) is 10.2 Å². The normalized spacial score (nSPS) is 15.2. The zero-order valence-corrected chi connectivity index (χ0v) is 11.3. The molecule has 0 bridgehead atoms. The molecule has 0 aliphatic carbocycles. The van der Waals surface area contributed by atoms with Crippen LogP contribution in [0.4, 0.5) is 0 Å². The van der Waals surface area contributed by atoms with Gasteiger partial charge in [-0.1, -0.05) is 6.92 Å². The van der Waals surface area contributed by atoms with Gasteiger partial charge in [-0.15, -0.1) is 0 Å². The number of hydrogen-bond donors (Lipinski definition) is 2. The Morgan fingerprint density at radius 3 is 2.25 bits per heavy atom. The van der Waals surface area contributed by atoms with Crippen LogP contribution in [0.1, 0.15) is 41.0 Å². The van der Waals surface area contributed by atoms with Crippen LogP contribution >= 0.6 is 0 Å². The van der Waals surface area contributed by atoms with Crippen LogP contribution in [-0.4, -0.2) is 42.0 Å². The van der Waals surface area contributed by atoms with Crippen molar-refractivity contribution in [2.24, 2.45) is 5.73 Å². The maximum atomic E-state index is 11.9. The Hall–Kier alpha value is -0.610. The standard InChI is InChI=1S/C12H27N3O/c1-6-10(4)14-12(16)11(5)15(8-7-13)9(2)3/h9-11H,6-8,13H2,1-5H3,(H,14,16). The van der Waals surface area contributed by atoms with Crippen molar-refractivity contribution in [3.05, 3.63) is 0 Å². The van der Waals surface area contributed by atoms with E-state index in [0.29, 0.717) is 12.6 Å². The van der Waals surface area contributed by atoms with E-state index in [9.17, 15) is 4.79 Å². The molecule has 0 saturated heterocycles. The summed E-state index contributed by atoms with van der Waals surface area (Å²) >= 11 is 0. The summed E-state index contributed by atoms with van der Waals surface area (Å²) in [5.41, 5.74) is 5.56. The summed E-state index contributed by atoms with van der Waals surface area (Å²) in [5, 5.41) is 3.00. The third-order valence-corrected chi connectivity index (χ3v) is 2.93. The van der Waals surface area contributed by atoms with Gasteiger partial charge in [-0.3, -0.25) is 9.69 Å². The Morgan fingerprint density at radius 2 is 1.88 bits per heavy atom. The Kier molecular flexibility index (Phi) is 7.34. The van der Waals surface area contributed by atoms with Crippen LogP contribution in [0.25, 0.3) is 0 Å². The van der Waals surface area contributed by atoms with Gasteiger partial charge in [-0.2, -0.15) is 0 Å². The van der Waals surface area contributed by atoms with Crippen LogP contribution in [0.15, 0.2) is 0 Å². The molecule has 0 aliphatic heterocycles. The van der Waals surface area contributed by atoms with E-state index in [0.717, 1.165) is 13.0 Å². The molecule has 2 atom stereocenters. The molecule has 4 heteroatoms. The predicted molar refractivity (Wildman–Crippen MR) is 68.3 cm³/mol. The fourth-order valence-corrected chi connectivity index (χ4v) is 1.66. The molecule has 96 valence electrons. The van der Waals surface area contributed by atoms with Crippen molar-refractivity contribution >= 4 is 5.91 Å². The number of rotatable bonds is 7. The van der Waals surface area contributed by atoms with E-state index in [1.54, 1.807) is 0 Å². The molecular formula is C12H27N3O. The lowest BCUT2D eigenvalue weighted by Gasteiger charge is -2.32. The molecule has 0 rings (SSSR count). The first-order valence-electron chi connectivity index (χ1n) is 6.20. The second kappa shape index (κ2) is 7.63. The van der Waals surface area contributed by atoms with Crippen LogP contribution in [0.5, 0.6) is 0 Å². The van der Waals surface area contributed by atoms with Crippen molar-refractivity contribution in [1.29, 1.82) is 0 Å². The fraction of sp³-hybridized carbons (Fsp3) is 0.917. The van der Waals surface area contributed by atoms with Gasteiger partial charge in [0.15, 0.2) is 0 Å². The Balaban J connectivity index is 4.36. The third-order valence-electron chi connectivity index (χ3n) is 2.93. The molecule has 1 amide bonds. The highest BCUT2D eigenvalue weighted by molar-refractivity contribution is 5.81. The largest absolute Gasteiger partial charge is 0.352 e. The van der Waals surface area contributed by atoms with E-state index in [1.807, 2.05) is 13.8 Å². The van der Waals surface area contributed by atoms with Gasteiger partial charge < -0.3 is 11.1 Å². The first-order valence-corrected chi connectivity index (χ1v) is 6.20. The van der Waals surface area contributed by atoms with Gasteiger partial charge in [0.05, 0.1) is 6.04 Å². The molecule has 0 aromatic carbocycles. The molecular weight excluding hydrogens is 202 g/mol. The molecule has 3 N–H and O–H groups in total. The summed E-state index contributed by atoms with van der Waals surface area (Å²) in [6.07, 6.45) is 0.955. The number of nitrogens with zero attached hydrogens (tertiary/aromatic N) is 1. The van der Waals surface area contributed by atoms with E-state index in [4.69, 9.17) is 5.73 Å². The number of nitrogens with two attached hydrogens (primary N) is 1. The van der Waals surface area contributed by atoms with Gasteiger partial charge in [0.2, 0.25) is 5.91 Å². The quantitative estimate of drug-likeness (QED) is 0.683. The number of carbonyl (C=O) groups excluding carboxylic acids is 1. The highest BCUT2D eigenvalue weighted by atomic mass is 16.2. The SMILES string of the molecule is CCC(C)NC(=O)C(C)N(CCN)C(C)C. The van der Waals surface area contributed by atoms with E-state index < -0.39 is 0 Å². The van der Waals surface area contributed by atoms with Crippen molar-refractivity contribution < 1.29 is 4.79 Å². The van der Waals surface area contributed by atoms with E-state index in [-0.39, 0.29) is 18.0 Å². The van der Waals surface area contributed by atoms with Crippen molar-refractivity contribution in [2.75, 3.05) is 13.1 Å². The summed E-state index contributed by atoms with van der Waals surface area (Å²) in [6, 6.07) is 0.459. The van der Waals surface area contributed by atoms with Gasteiger partial charge in [-0.05, 0) is 34.1 Å². The summed E-state index contributed by atoms with van der Waals surface area (Å²) in [4.78, 5) is 14.1. The topological polar surface area (TPSA) is 58.4 Å². The minimum absolute atomic E-state index is 0.0940. The first-order chi connectivity index (χ1) is 7.43. The van der Waals surface area contributed by atoms with Crippen molar-refractivity contribution in [3.8, 4) is 0 Å². The smallest absolute Gasteiger partial charge is 0.237 e. The zero-order chi connectivity index (χ0) is 12.7. The van der Waals surface area contributed by atoms with Gasteiger partial charge in [0.25, 0.3) is 0 Å². The van der Waals surface area contributed by atoms with Crippen LogP contribution in [-0.2, 0) is 4.79 Å². The van der Waals surface area contributed by atoms with Gasteiger partial charge in [0.1, 0.15) is 0 Å². The minimum Gasteiger partial charge on any atom is -0.352 e. The number of carbonyl (C=O) groups is 1. The fourth-order valence-electron chi connectivity index (χ4n) is 1.66. The van der Waals surface area contributed by atoms with Gasteiger partial charge >= 0.3 is 0 Å². The lowest BCUT2D eigenvalue weighted by Crippen LogP contribution is -2.51. The molecule has 0 saturated carbocycles. The zero-order valence-electron chi connectivity index (χ0n) is 11.3. The van der Waals surface area contributed by atoms with Crippen molar-refractivity contribution in [3.63, 3.8) is 0 Å². The summed E-state index contributed by atoms with van der Waals surface area (Å²) in [5.74, 6) is 0.0940. The Bertz CT molecular complexity index is 206. The average molecular weight is 229 g/mol. The van der Waals surface area contributed by atoms with Crippen LogP contribution < -0.4 is 11.1 Å². The minimum atomic E-state index is -0.113. The molecule has 0 fully saturated rings. The molecule has 0 spiro atoms. The van der Waals surface area contributed by atoms with Crippen LogP contribution in [0.2, 0.25) is 0 Å². The van der Waals surface area contributed by atoms with E-state index >= 15 is 0 Å². The van der Waals surface area contributed by atoms with Crippen molar-refractivity contribution in [2.45, 2.75) is 59.2 Å². The van der Waals surface area contributed by atoms with E-state index in [2.05, 4.69) is 31.0 Å². The summed E-state index contributed by atoms with van der Waals surface area (Å²) < 4.78 is 0. The lowest BCUT2D eigenvalue weighted by molar-refractivity contribution is -0.127. The lowest BCUT2D eigenvalue weighted by atomic mass is 10.1. The molecule has 0 radical (unpaired) electrons. The molecule has 4 nitrogen and oxygen atoms in total. The molecule has 16 heavy (non-hydrogen) atoms.